The second-order valence-corrected chi connectivity index (χ2v) is 8.31. The van der Waals surface area contributed by atoms with E-state index < -0.39 is 13.8 Å². The monoisotopic (exact) mass is 298 g/mol. The highest BCUT2D eigenvalue weighted by atomic mass is 28.4. The Bertz CT molecular complexity index is 390. The average molecular weight is 298 g/mol. The minimum atomic E-state index is -2.99. The normalized spacial score (nSPS) is 16.7. The van der Waals surface area contributed by atoms with Crippen LogP contribution in [0.5, 0.6) is 0 Å². The first-order valence-electron chi connectivity index (χ1n) is 6.67. The van der Waals surface area contributed by atoms with Gasteiger partial charge >= 0.3 is 8.80 Å². The highest BCUT2D eigenvalue weighted by Gasteiger charge is 2.61. The van der Waals surface area contributed by atoms with Gasteiger partial charge in [0.05, 0.1) is 5.04 Å². The van der Waals surface area contributed by atoms with Gasteiger partial charge in [0, 0.05) is 33.9 Å². The van der Waals surface area contributed by atoms with Crippen LogP contribution in [0, 0.1) is 0 Å². The van der Waals surface area contributed by atoms with Gasteiger partial charge in [-0.05, 0) is 18.9 Å². The summed E-state index contributed by atoms with van der Waals surface area (Å²) in [5.41, 5.74) is 13.5. The van der Waals surface area contributed by atoms with E-state index in [1.807, 2.05) is 37.3 Å². The van der Waals surface area contributed by atoms with Crippen molar-refractivity contribution in [3.05, 3.63) is 35.9 Å². The van der Waals surface area contributed by atoms with Crippen molar-refractivity contribution in [2.75, 3.05) is 27.9 Å². The van der Waals surface area contributed by atoms with Crippen molar-refractivity contribution in [2.45, 2.75) is 24.4 Å². The van der Waals surface area contributed by atoms with Crippen LogP contribution >= 0.6 is 0 Å². The zero-order chi connectivity index (χ0) is 15.2. The Morgan fingerprint density at radius 3 is 1.95 bits per heavy atom. The van der Waals surface area contributed by atoms with E-state index >= 15 is 0 Å². The van der Waals surface area contributed by atoms with Crippen LogP contribution in [0.3, 0.4) is 0 Å². The van der Waals surface area contributed by atoms with Crippen LogP contribution in [0.2, 0.25) is 5.04 Å². The van der Waals surface area contributed by atoms with Crippen LogP contribution in [-0.2, 0) is 19.7 Å². The molecule has 0 bridgehead atoms. The summed E-state index contributed by atoms with van der Waals surface area (Å²) in [6.45, 7) is 2.26. The molecule has 0 aromatic heterocycles. The van der Waals surface area contributed by atoms with Crippen LogP contribution in [0.4, 0.5) is 0 Å². The van der Waals surface area contributed by atoms with E-state index in [0.29, 0.717) is 13.0 Å². The number of hydrogen-bond acceptors (Lipinski definition) is 5. The smallest absolute Gasteiger partial charge is 0.376 e. The van der Waals surface area contributed by atoms with E-state index in [1.54, 1.807) is 21.3 Å². The minimum absolute atomic E-state index is 0.223. The second kappa shape index (κ2) is 7.30. The van der Waals surface area contributed by atoms with Gasteiger partial charge in [-0.15, -0.1) is 0 Å². The molecule has 1 rings (SSSR count). The first-order valence-corrected chi connectivity index (χ1v) is 8.39. The SMILES string of the molecule is CO[Si](OC)(OC)C(CN)(Cc1ccccc1)C(C)N. The Balaban J connectivity index is 3.28. The maximum absolute atomic E-state index is 6.26. The van der Waals surface area contributed by atoms with Crippen molar-refractivity contribution < 1.29 is 13.3 Å². The minimum Gasteiger partial charge on any atom is -0.376 e. The summed E-state index contributed by atoms with van der Waals surface area (Å²) in [5, 5.41) is -0.563. The second-order valence-electron chi connectivity index (χ2n) is 4.98. The molecule has 0 radical (unpaired) electrons. The first-order chi connectivity index (χ1) is 9.51. The molecule has 2 unspecified atom stereocenters. The predicted octanol–water partition coefficient (Wildman–Crippen LogP) is 1.15. The molecule has 0 saturated carbocycles. The lowest BCUT2D eigenvalue weighted by atomic mass is 9.92. The van der Waals surface area contributed by atoms with Gasteiger partial charge in [0.25, 0.3) is 0 Å². The molecule has 2 atom stereocenters. The van der Waals surface area contributed by atoms with Crippen molar-refractivity contribution in [3.63, 3.8) is 0 Å². The van der Waals surface area contributed by atoms with Crippen molar-refractivity contribution in [1.29, 1.82) is 0 Å². The molecule has 0 aliphatic rings. The summed E-state index contributed by atoms with van der Waals surface area (Å²) in [4.78, 5) is 0. The topological polar surface area (TPSA) is 79.7 Å². The summed E-state index contributed by atoms with van der Waals surface area (Å²) in [6, 6.07) is 9.84. The largest absolute Gasteiger partial charge is 0.509 e. The number of benzene rings is 1. The summed E-state index contributed by atoms with van der Waals surface area (Å²) >= 11 is 0. The van der Waals surface area contributed by atoms with Gasteiger partial charge in [0.2, 0.25) is 0 Å². The van der Waals surface area contributed by atoms with Crippen molar-refractivity contribution in [2.24, 2.45) is 11.5 Å². The Morgan fingerprint density at radius 1 is 1.10 bits per heavy atom. The number of hydrogen-bond donors (Lipinski definition) is 2. The predicted molar refractivity (Wildman–Crippen MR) is 82.3 cm³/mol. The highest BCUT2D eigenvalue weighted by Crippen LogP contribution is 2.44. The zero-order valence-electron chi connectivity index (χ0n) is 12.8. The van der Waals surface area contributed by atoms with Crippen molar-refractivity contribution in [3.8, 4) is 0 Å². The summed E-state index contributed by atoms with van der Waals surface area (Å²) in [7, 11) is 1.79. The third kappa shape index (κ3) is 2.95. The van der Waals surface area contributed by atoms with E-state index in [2.05, 4.69) is 0 Å². The lowest BCUT2D eigenvalue weighted by Crippen LogP contribution is -2.64. The van der Waals surface area contributed by atoms with E-state index in [4.69, 9.17) is 24.7 Å². The Labute approximate surface area is 122 Å². The van der Waals surface area contributed by atoms with Gasteiger partial charge in [0.15, 0.2) is 0 Å². The molecule has 1 aromatic rings. The number of rotatable bonds is 8. The van der Waals surface area contributed by atoms with Crippen LogP contribution in [0.25, 0.3) is 0 Å². The molecule has 0 spiro atoms. The highest BCUT2D eigenvalue weighted by molar-refractivity contribution is 6.64. The molecule has 20 heavy (non-hydrogen) atoms. The molecule has 0 fully saturated rings. The van der Waals surface area contributed by atoms with Gasteiger partial charge in [-0.2, -0.15) is 0 Å². The number of nitrogens with two attached hydrogens (primary N) is 2. The Kier molecular flexibility index (Phi) is 6.31. The van der Waals surface area contributed by atoms with E-state index in [1.165, 1.54) is 0 Å². The lowest BCUT2D eigenvalue weighted by Gasteiger charge is -2.45. The van der Waals surface area contributed by atoms with Crippen molar-refractivity contribution >= 4 is 8.80 Å². The maximum Gasteiger partial charge on any atom is 0.509 e. The summed E-state index contributed by atoms with van der Waals surface area (Å²) < 4.78 is 17.0. The van der Waals surface area contributed by atoms with Gasteiger partial charge in [-0.25, -0.2) is 0 Å². The van der Waals surface area contributed by atoms with Crippen molar-refractivity contribution in [1.82, 2.24) is 0 Å². The van der Waals surface area contributed by atoms with E-state index in [-0.39, 0.29) is 6.04 Å². The summed E-state index contributed by atoms with van der Waals surface area (Å²) in [5.74, 6) is 0. The van der Waals surface area contributed by atoms with Gasteiger partial charge in [-0.1, -0.05) is 30.3 Å². The van der Waals surface area contributed by atoms with Gasteiger partial charge < -0.3 is 24.7 Å². The lowest BCUT2D eigenvalue weighted by molar-refractivity contribution is 0.0834. The van der Waals surface area contributed by atoms with E-state index in [0.717, 1.165) is 5.56 Å². The summed E-state index contributed by atoms with van der Waals surface area (Å²) in [6.07, 6.45) is 0.656. The fourth-order valence-electron chi connectivity index (χ4n) is 2.75. The van der Waals surface area contributed by atoms with Gasteiger partial charge in [0.1, 0.15) is 0 Å². The van der Waals surface area contributed by atoms with Gasteiger partial charge in [-0.3, -0.25) is 0 Å². The van der Waals surface area contributed by atoms with Crippen LogP contribution < -0.4 is 11.5 Å². The molecule has 0 amide bonds. The zero-order valence-corrected chi connectivity index (χ0v) is 13.8. The molecule has 6 heteroatoms. The molecule has 114 valence electrons. The standard InChI is InChI=1S/C14H26N2O3Si/c1-12(16)14(11-15,20(17-2,18-3)19-4)10-13-8-6-5-7-9-13/h5-9,12H,10-11,15-16H2,1-4H3. The van der Waals surface area contributed by atoms with Crippen LogP contribution in [-0.4, -0.2) is 42.7 Å². The average Bonchev–Trinajstić information content (AvgIpc) is 2.48. The first kappa shape index (κ1) is 17.3. The molecular weight excluding hydrogens is 272 g/mol. The maximum atomic E-state index is 6.26. The van der Waals surface area contributed by atoms with Crippen LogP contribution in [0.15, 0.2) is 30.3 Å². The quantitative estimate of drug-likeness (QED) is 0.704. The molecule has 0 heterocycles. The third-order valence-electron chi connectivity index (χ3n) is 4.01. The third-order valence-corrected chi connectivity index (χ3v) is 7.68. The molecule has 0 aliphatic heterocycles. The molecule has 4 N–H and O–H groups in total. The fraction of sp³-hybridized carbons (Fsp3) is 0.571. The molecule has 1 aromatic carbocycles. The Morgan fingerprint density at radius 2 is 1.60 bits per heavy atom. The van der Waals surface area contributed by atoms with E-state index in [9.17, 15) is 0 Å². The molecule has 0 saturated heterocycles. The molecule has 0 aliphatic carbocycles. The molecular formula is C14H26N2O3Si. The van der Waals surface area contributed by atoms with Crippen LogP contribution in [0.1, 0.15) is 12.5 Å². The Hall–Kier alpha value is -0.763. The fourth-order valence-corrected chi connectivity index (χ4v) is 5.70. The molecule has 5 nitrogen and oxygen atoms in total.